The fourth-order valence-electron chi connectivity index (χ4n) is 3.86. The van der Waals surface area contributed by atoms with Crippen molar-refractivity contribution >= 4 is 22.0 Å². The van der Waals surface area contributed by atoms with Crippen molar-refractivity contribution in [2.75, 3.05) is 6.61 Å². The molecule has 2 aromatic carbocycles. The largest absolute Gasteiger partial charge is 0.493 e. The van der Waals surface area contributed by atoms with E-state index < -0.39 is 0 Å². The number of nitrogens with zero attached hydrogens (tertiary/aromatic N) is 2. The van der Waals surface area contributed by atoms with Gasteiger partial charge in [0, 0.05) is 24.1 Å². The van der Waals surface area contributed by atoms with Crippen LogP contribution in [-0.4, -0.2) is 16.2 Å². The number of aryl methyl sites for hydroxylation is 2. The summed E-state index contributed by atoms with van der Waals surface area (Å²) < 4.78 is 13.4. The van der Waals surface area contributed by atoms with Gasteiger partial charge in [0.1, 0.15) is 11.3 Å². The van der Waals surface area contributed by atoms with Gasteiger partial charge in [-0.15, -0.1) is 0 Å². The third kappa shape index (κ3) is 4.90. The van der Waals surface area contributed by atoms with Crippen molar-refractivity contribution in [2.45, 2.75) is 52.0 Å². The highest BCUT2D eigenvalue weighted by molar-refractivity contribution is 5.81. The van der Waals surface area contributed by atoms with E-state index in [2.05, 4.69) is 27.8 Å². The average molecular weight is 405 g/mol. The quantitative estimate of drug-likeness (QED) is 0.245. The van der Waals surface area contributed by atoms with Gasteiger partial charge < -0.3 is 13.7 Å². The van der Waals surface area contributed by atoms with Crippen LogP contribution in [0.25, 0.3) is 22.0 Å². The van der Waals surface area contributed by atoms with E-state index in [0.717, 1.165) is 41.6 Å². The van der Waals surface area contributed by atoms with Gasteiger partial charge in [-0.1, -0.05) is 37.8 Å². The lowest BCUT2D eigenvalue weighted by atomic mass is 10.1. The topological polar surface area (TPSA) is 57.3 Å². The molecule has 0 saturated carbocycles. The highest BCUT2D eigenvalue weighted by Crippen LogP contribution is 2.22. The van der Waals surface area contributed by atoms with Gasteiger partial charge in [0.2, 0.25) is 0 Å². The highest BCUT2D eigenvalue weighted by Gasteiger charge is 2.04. The van der Waals surface area contributed by atoms with Gasteiger partial charge in [-0.2, -0.15) is 0 Å². The van der Waals surface area contributed by atoms with Gasteiger partial charge in [0.05, 0.1) is 24.0 Å². The molecule has 0 aliphatic carbocycles. The Bertz CT molecular complexity index is 1180. The Morgan fingerprint density at radius 1 is 0.967 bits per heavy atom. The van der Waals surface area contributed by atoms with Gasteiger partial charge in [-0.25, -0.2) is 9.78 Å². The molecule has 30 heavy (non-hydrogen) atoms. The molecule has 4 rings (SSSR count). The Morgan fingerprint density at radius 3 is 2.67 bits per heavy atom. The van der Waals surface area contributed by atoms with Crippen LogP contribution in [0.4, 0.5) is 0 Å². The molecular formula is C25H28N2O3. The Hall–Kier alpha value is -3.08. The molecule has 0 spiro atoms. The third-order valence-electron chi connectivity index (χ3n) is 5.51. The molecule has 0 N–H and O–H groups in total. The molecule has 5 nitrogen and oxygen atoms in total. The van der Waals surface area contributed by atoms with Crippen LogP contribution in [0.2, 0.25) is 0 Å². The lowest BCUT2D eigenvalue weighted by molar-refractivity contribution is 0.304. The smallest absolute Gasteiger partial charge is 0.336 e. The van der Waals surface area contributed by atoms with Gasteiger partial charge in [0.25, 0.3) is 0 Å². The summed E-state index contributed by atoms with van der Waals surface area (Å²) in [5.41, 5.74) is 3.48. The molecule has 0 aliphatic heterocycles. The number of unbranched alkanes of at least 4 members (excludes halogenated alkanes) is 5. The SMILES string of the molecule is Cc1cc(=O)oc2cc(OCCCCCCCCn3cnc4ccccc43)ccc12. The Labute approximate surface area is 176 Å². The fourth-order valence-corrected chi connectivity index (χ4v) is 3.86. The Kier molecular flexibility index (Phi) is 6.47. The van der Waals surface area contributed by atoms with E-state index in [1.165, 1.54) is 37.3 Å². The van der Waals surface area contributed by atoms with E-state index in [-0.39, 0.29) is 5.63 Å². The van der Waals surface area contributed by atoms with Crippen LogP contribution in [0.3, 0.4) is 0 Å². The van der Waals surface area contributed by atoms with Crippen LogP contribution >= 0.6 is 0 Å². The van der Waals surface area contributed by atoms with Crippen molar-refractivity contribution in [3.63, 3.8) is 0 Å². The van der Waals surface area contributed by atoms with Gasteiger partial charge >= 0.3 is 5.63 Å². The van der Waals surface area contributed by atoms with Crippen molar-refractivity contribution < 1.29 is 9.15 Å². The number of ether oxygens (including phenoxy) is 1. The first-order valence-electron chi connectivity index (χ1n) is 10.8. The van der Waals surface area contributed by atoms with Crippen LogP contribution < -0.4 is 10.4 Å². The molecule has 2 heterocycles. The number of hydrogen-bond donors (Lipinski definition) is 0. The molecule has 4 aromatic rings. The maximum absolute atomic E-state index is 11.5. The van der Waals surface area contributed by atoms with E-state index >= 15 is 0 Å². The summed E-state index contributed by atoms with van der Waals surface area (Å²) >= 11 is 0. The van der Waals surface area contributed by atoms with Crippen LogP contribution in [0, 0.1) is 6.92 Å². The molecule has 0 radical (unpaired) electrons. The van der Waals surface area contributed by atoms with E-state index in [4.69, 9.17) is 9.15 Å². The minimum Gasteiger partial charge on any atom is -0.493 e. The highest BCUT2D eigenvalue weighted by atomic mass is 16.5. The lowest BCUT2D eigenvalue weighted by Crippen LogP contribution is -2.00. The molecule has 0 aliphatic rings. The second-order valence-electron chi connectivity index (χ2n) is 7.80. The number of imidazole rings is 1. The second-order valence-corrected chi connectivity index (χ2v) is 7.80. The molecule has 2 aromatic heterocycles. The molecule has 0 atom stereocenters. The van der Waals surface area contributed by atoms with Crippen molar-refractivity contribution in [2.24, 2.45) is 0 Å². The summed E-state index contributed by atoms with van der Waals surface area (Å²) in [5.74, 6) is 0.754. The molecule has 0 fully saturated rings. The van der Waals surface area contributed by atoms with E-state index in [9.17, 15) is 4.79 Å². The monoisotopic (exact) mass is 404 g/mol. The summed E-state index contributed by atoms with van der Waals surface area (Å²) in [7, 11) is 0. The lowest BCUT2D eigenvalue weighted by Gasteiger charge is -2.08. The van der Waals surface area contributed by atoms with Crippen molar-refractivity contribution in [3.8, 4) is 5.75 Å². The first-order valence-corrected chi connectivity index (χ1v) is 10.8. The van der Waals surface area contributed by atoms with Gasteiger partial charge in [-0.3, -0.25) is 0 Å². The van der Waals surface area contributed by atoms with Crippen LogP contribution in [0.1, 0.15) is 44.1 Å². The zero-order chi connectivity index (χ0) is 20.8. The minimum absolute atomic E-state index is 0.321. The summed E-state index contributed by atoms with van der Waals surface area (Å²) in [5, 5.41) is 0.950. The normalized spacial score (nSPS) is 11.4. The average Bonchev–Trinajstić information content (AvgIpc) is 3.15. The summed E-state index contributed by atoms with van der Waals surface area (Å²) in [6, 6.07) is 15.5. The predicted octanol–water partition coefficient (Wildman–Crippen LogP) is 5.87. The first kappa shape index (κ1) is 20.2. The molecule has 0 bridgehead atoms. The summed E-state index contributed by atoms with van der Waals surface area (Å²) in [6.07, 6.45) is 9.01. The van der Waals surface area contributed by atoms with Crippen molar-refractivity contribution in [3.05, 3.63) is 70.8 Å². The maximum Gasteiger partial charge on any atom is 0.336 e. The maximum atomic E-state index is 11.5. The standard InChI is InChI=1S/C25H28N2O3/c1-19-16-25(28)30-24-17-20(12-13-21(19)24)29-15-9-5-3-2-4-8-14-27-18-26-22-10-6-7-11-23(22)27/h6-7,10-13,16-18H,2-5,8-9,14-15H2,1H3. The zero-order valence-corrected chi connectivity index (χ0v) is 17.5. The number of para-hydroxylation sites is 2. The number of fused-ring (bicyclic) bond motifs is 2. The number of rotatable bonds is 10. The fraction of sp³-hybridized carbons (Fsp3) is 0.360. The Morgan fingerprint density at radius 2 is 1.77 bits per heavy atom. The number of benzene rings is 2. The van der Waals surface area contributed by atoms with E-state index in [0.29, 0.717) is 12.2 Å². The molecular weight excluding hydrogens is 376 g/mol. The molecule has 5 heteroatoms. The zero-order valence-electron chi connectivity index (χ0n) is 17.5. The van der Waals surface area contributed by atoms with Gasteiger partial charge in [-0.05, 0) is 49.6 Å². The van der Waals surface area contributed by atoms with Crippen LogP contribution in [0.15, 0.2) is 64.1 Å². The number of aromatic nitrogens is 2. The first-order chi connectivity index (χ1) is 14.7. The summed E-state index contributed by atoms with van der Waals surface area (Å²) in [4.78, 5) is 16.0. The predicted molar refractivity (Wildman–Crippen MR) is 120 cm³/mol. The summed E-state index contributed by atoms with van der Waals surface area (Å²) in [6.45, 7) is 3.63. The Balaban J connectivity index is 1.12. The number of hydrogen-bond acceptors (Lipinski definition) is 4. The molecule has 0 saturated heterocycles. The van der Waals surface area contributed by atoms with Crippen LogP contribution in [-0.2, 0) is 6.54 Å². The third-order valence-corrected chi connectivity index (χ3v) is 5.51. The van der Waals surface area contributed by atoms with Crippen molar-refractivity contribution in [1.29, 1.82) is 0 Å². The molecule has 0 amide bonds. The minimum atomic E-state index is -0.321. The van der Waals surface area contributed by atoms with E-state index in [1.54, 1.807) is 0 Å². The molecule has 0 unspecified atom stereocenters. The van der Waals surface area contributed by atoms with E-state index in [1.807, 2.05) is 37.5 Å². The second kappa shape index (κ2) is 9.61. The van der Waals surface area contributed by atoms with Crippen LogP contribution in [0.5, 0.6) is 5.75 Å². The molecule has 156 valence electrons. The van der Waals surface area contributed by atoms with Crippen molar-refractivity contribution in [1.82, 2.24) is 9.55 Å². The van der Waals surface area contributed by atoms with Gasteiger partial charge in [0.15, 0.2) is 0 Å².